The number of halogens is 1. The summed E-state index contributed by atoms with van der Waals surface area (Å²) >= 11 is 7.23. The number of hydrogen-bond donors (Lipinski definition) is 0. The van der Waals surface area contributed by atoms with Gasteiger partial charge in [-0.3, -0.25) is 4.79 Å². The molecule has 0 aliphatic carbocycles. The number of ketones is 1. The Labute approximate surface area is 142 Å². The molecule has 116 valence electrons. The number of thioether (sulfide) groups is 1. The minimum atomic E-state index is -0.0729. The van der Waals surface area contributed by atoms with Crippen molar-refractivity contribution in [2.24, 2.45) is 0 Å². The van der Waals surface area contributed by atoms with Gasteiger partial charge in [0.2, 0.25) is 5.89 Å². The molecule has 0 fully saturated rings. The Balaban J connectivity index is 1.70. The Morgan fingerprint density at radius 1 is 1.13 bits per heavy atom. The molecule has 23 heavy (non-hydrogen) atoms. The molecule has 0 aliphatic heterocycles. The number of Topliss-reactive ketones (excluding diaryl/α,β-unsaturated/α-hetero) is 1. The summed E-state index contributed by atoms with van der Waals surface area (Å²) in [4.78, 5) is 12.2. The van der Waals surface area contributed by atoms with Crippen molar-refractivity contribution in [1.82, 2.24) is 10.2 Å². The fourth-order valence-electron chi connectivity index (χ4n) is 2.08. The summed E-state index contributed by atoms with van der Waals surface area (Å²) < 4.78 is 5.62. The SMILES string of the molecule is Cc1ccccc1-c1nnc(SCC(=O)c2ccccc2Cl)o1. The highest BCUT2D eigenvalue weighted by Crippen LogP contribution is 2.26. The topological polar surface area (TPSA) is 56.0 Å². The van der Waals surface area contributed by atoms with Crippen LogP contribution < -0.4 is 0 Å². The van der Waals surface area contributed by atoms with E-state index in [1.54, 1.807) is 24.3 Å². The highest BCUT2D eigenvalue weighted by molar-refractivity contribution is 7.99. The summed E-state index contributed by atoms with van der Waals surface area (Å²) in [6.45, 7) is 1.98. The van der Waals surface area contributed by atoms with Gasteiger partial charge in [0, 0.05) is 11.1 Å². The largest absolute Gasteiger partial charge is 0.411 e. The number of aryl methyl sites for hydroxylation is 1. The molecule has 3 rings (SSSR count). The van der Waals surface area contributed by atoms with Crippen molar-refractivity contribution in [3.63, 3.8) is 0 Å². The maximum absolute atomic E-state index is 12.2. The van der Waals surface area contributed by atoms with Crippen molar-refractivity contribution >= 4 is 29.1 Å². The predicted octanol–water partition coefficient (Wildman–Crippen LogP) is 4.67. The average Bonchev–Trinajstić information content (AvgIpc) is 3.02. The van der Waals surface area contributed by atoms with Crippen LogP contribution in [0.25, 0.3) is 11.5 Å². The molecule has 0 bridgehead atoms. The van der Waals surface area contributed by atoms with Gasteiger partial charge in [-0.25, -0.2) is 0 Å². The third kappa shape index (κ3) is 3.63. The van der Waals surface area contributed by atoms with Crippen molar-refractivity contribution in [3.8, 4) is 11.5 Å². The molecule has 0 atom stereocenters. The minimum Gasteiger partial charge on any atom is -0.411 e. The van der Waals surface area contributed by atoms with Gasteiger partial charge in [0.25, 0.3) is 5.22 Å². The smallest absolute Gasteiger partial charge is 0.277 e. The number of nitrogens with zero attached hydrogens (tertiary/aromatic N) is 2. The van der Waals surface area contributed by atoms with Crippen LogP contribution in [-0.2, 0) is 0 Å². The Morgan fingerprint density at radius 3 is 2.65 bits per heavy atom. The van der Waals surface area contributed by atoms with Crippen molar-refractivity contribution in [3.05, 3.63) is 64.7 Å². The Morgan fingerprint density at radius 2 is 1.87 bits per heavy atom. The lowest BCUT2D eigenvalue weighted by Crippen LogP contribution is -2.02. The maximum Gasteiger partial charge on any atom is 0.277 e. The molecule has 0 N–H and O–H groups in total. The van der Waals surface area contributed by atoms with Crippen LogP contribution in [-0.4, -0.2) is 21.7 Å². The summed E-state index contributed by atoms with van der Waals surface area (Å²) in [6, 6.07) is 14.7. The Hall–Kier alpha value is -2.11. The molecule has 0 radical (unpaired) electrons. The van der Waals surface area contributed by atoms with Crippen LogP contribution in [0.3, 0.4) is 0 Å². The van der Waals surface area contributed by atoms with Gasteiger partial charge in [0.15, 0.2) is 5.78 Å². The van der Waals surface area contributed by atoms with E-state index in [0.29, 0.717) is 21.7 Å². The fraction of sp³-hybridized carbons (Fsp3) is 0.118. The monoisotopic (exact) mass is 344 g/mol. The second-order valence-corrected chi connectivity index (χ2v) is 6.21. The number of hydrogen-bond acceptors (Lipinski definition) is 5. The fourth-order valence-corrected chi connectivity index (χ4v) is 2.97. The number of aromatic nitrogens is 2. The van der Waals surface area contributed by atoms with E-state index >= 15 is 0 Å². The van der Waals surface area contributed by atoms with Crippen LogP contribution in [0, 0.1) is 6.92 Å². The highest BCUT2D eigenvalue weighted by Gasteiger charge is 2.14. The van der Waals surface area contributed by atoms with Gasteiger partial charge in [0.05, 0.1) is 10.8 Å². The molecular formula is C17H13ClN2O2S. The second kappa shape index (κ2) is 6.98. The van der Waals surface area contributed by atoms with E-state index in [2.05, 4.69) is 10.2 Å². The predicted molar refractivity (Wildman–Crippen MR) is 91.0 cm³/mol. The lowest BCUT2D eigenvalue weighted by atomic mass is 10.1. The molecule has 0 saturated heterocycles. The van der Waals surface area contributed by atoms with Crippen molar-refractivity contribution in [2.45, 2.75) is 12.1 Å². The first-order valence-electron chi connectivity index (χ1n) is 6.95. The van der Waals surface area contributed by atoms with E-state index in [-0.39, 0.29) is 11.5 Å². The average molecular weight is 345 g/mol. The molecule has 0 amide bonds. The number of benzene rings is 2. The van der Waals surface area contributed by atoms with Crippen molar-refractivity contribution in [2.75, 3.05) is 5.75 Å². The summed E-state index contributed by atoms with van der Waals surface area (Å²) in [7, 11) is 0. The molecule has 4 nitrogen and oxygen atoms in total. The van der Waals surface area contributed by atoms with E-state index in [0.717, 1.165) is 11.1 Å². The number of rotatable bonds is 5. The quantitative estimate of drug-likeness (QED) is 0.497. The van der Waals surface area contributed by atoms with Crippen LogP contribution >= 0.6 is 23.4 Å². The van der Waals surface area contributed by atoms with E-state index in [4.69, 9.17) is 16.0 Å². The molecule has 6 heteroatoms. The van der Waals surface area contributed by atoms with Crippen LogP contribution in [0.1, 0.15) is 15.9 Å². The van der Waals surface area contributed by atoms with Crippen LogP contribution in [0.2, 0.25) is 5.02 Å². The molecule has 0 saturated carbocycles. The van der Waals surface area contributed by atoms with Gasteiger partial charge in [-0.15, -0.1) is 10.2 Å². The van der Waals surface area contributed by atoms with Crippen molar-refractivity contribution in [1.29, 1.82) is 0 Å². The summed E-state index contributed by atoms with van der Waals surface area (Å²) in [5, 5.41) is 8.84. The normalized spacial score (nSPS) is 10.7. The van der Waals surface area contributed by atoms with Crippen molar-refractivity contribution < 1.29 is 9.21 Å². The Kier molecular flexibility index (Phi) is 4.79. The number of carbonyl (C=O) groups excluding carboxylic acids is 1. The van der Waals surface area contributed by atoms with Gasteiger partial charge < -0.3 is 4.42 Å². The molecule has 3 aromatic rings. The summed E-state index contributed by atoms with van der Waals surface area (Å²) in [5.41, 5.74) is 2.45. The van der Waals surface area contributed by atoms with Crippen LogP contribution in [0.15, 0.2) is 58.2 Å². The van der Waals surface area contributed by atoms with E-state index in [9.17, 15) is 4.79 Å². The van der Waals surface area contributed by atoms with Gasteiger partial charge >= 0.3 is 0 Å². The first-order chi connectivity index (χ1) is 11.1. The minimum absolute atomic E-state index is 0.0729. The van der Waals surface area contributed by atoms with Gasteiger partial charge in [-0.1, -0.05) is 53.7 Å². The van der Waals surface area contributed by atoms with Gasteiger partial charge in [0.1, 0.15) is 0 Å². The molecule has 0 spiro atoms. The van der Waals surface area contributed by atoms with E-state index < -0.39 is 0 Å². The molecule has 0 unspecified atom stereocenters. The molecule has 0 aliphatic rings. The lowest BCUT2D eigenvalue weighted by Gasteiger charge is -2.01. The molecule has 1 aromatic heterocycles. The summed E-state index contributed by atoms with van der Waals surface area (Å²) in [6.07, 6.45) is 0. The molecular weight excluding hydrogens is 332 g/mol. The summed E-state index contributed by atoms with van der Waals surface area (Å²) in [5.74, 6) is 0.575. The third-order valence-corrected chi connectivity index (χ3v) is 4.43. The van der Waals surface area contributed by atoms with Gasteiger partial charge in [-0.05, 0) is 30.7 Å². The first kappa shape index (κ1) is 15.8. The van der Waals surface area contributed by atoms with Crippen LogP contribution in [0.5, 0.6) is 0 Å². The second-order valence-electron chi connectivity index (χ2n) is 4.88. The zero-order valence-corrected chi connectivity index (χ0v) is 13.9. The maximum atomic E-state index is 12.2. The number of carbonyl (C=O) groups is 1. The van der Waals surface area contributed by atoms with E-state index in [1.807, 2.05) is 31.2 Å². The lowest BCUT2D eigenvalue weighted by molar-refractivity contribution is 0.102. The molecule has 1 heterocycles. The third-order valence-electron chi connectivity index (χ3n) is 3.28. The van der Waals surface area contributed by atoms with Crippen LogP contribution in [0.4, 0.5) is 0 Å². The zero-order chi connectivity index (χ0) is 16.2. The Bertz CT molecular complexity index is 848. The standard InChI is InChI=1S/C17H13ClN2O2S/c1-11-6-2-3-7-12(11)16-19-20-17(22-16)23-10-15(21)13-8-4-5-9-14(13)18/h2-9H,10H2,1H3. The zero-order valence-electron chi connectivity index (χ0n) is 12.3. The first-order valence-corrected chi connectivity index (χ1v) is 8.31. The van der Waals surface area contributed by atoms with E-state index in [1.165, 1.54) is 11.8 Å². The highest BCUT2D eigenvalue weighted by atomic mass is 35.5. The molecule has 2 aromatic carbocycles. The van der Waals surface area contributed by atoms with Gasteiger partial charge in [-0.2, -0.15) is 0 Å².